The highest BCUT2D eigenvalue weighted by Crippen LogP contribution is 2.13. The topological polar surface area (TPSA) is 43.4 Å². The number of unbranched alkanes of at least 4 members (excludes halogenated alkanes) is 13. The quantitative estimate of drug-likeness (QED) is 0.150. The molecule has 28 heavy (non-hydrogen) atoms. The predicted octanol–water partition coefficient (Wildman–Crippen LogP) is 7.70. The Kier molecular flexibility index (Phi) is 14.6. The third kappa shape index (κ3) is 12.2. The van der Waals surface area contributed by atoms with Crippen molar-refractivity contribution in [3.8, 4) is 0 Å². The monoisotopic (exact) mass is 408 g/mol. The zero-order chi connectivity index (χ0) is 20.5. The fourth-order valence-electron chi connectivity index (χ4n) is 3.31. The van der Waals surface area contributed by atoms with Crippen LogP contribution in [0.15, 0.2) is 24.3 Å². The lowest BCUT2D eigenvalue weighted by Gasteiger charge is -2.06. The number of esters is 1. The van der Waals surface area contributed by atoms with Crippen molar-refractivity contribution in [2.24, 2.45) is 0 Å². The van der Waals surface area contributed by atoms with Gasteiger partial charge in [-0.25, -0.2) is 4.79 Å². The molecule has 0 aliphatic heterocycles. The van der Waals surface area contributed by atoms with Crippen LogP contribution in [-0.4, -0.2) is 17.8 Å². The van der Waals surface area contributed by atoms with Gasteiger partial charge in [0.15, 0.2) is 0 Å². The number of rotatable bonds is 17. The van der Waals surface area contributed by atoms with Crippen molar-refractivity contribution in [3.63, 3.8) is 0 Å². The van der Waals surface area contributed by atoms with Crippen LogP contribution in [0.25, 0.3) is 0 Å². The van der Waals surface area contributed by atoms with Crippen LogP contribution in [0, 0.1) is 0 Å². The maximum Gasteiger partial charge on any atom is 0.338 e. The van der Waals surface area contributed by atoms with Crippen LogP contribution in [0.4, 0.5) is 0 Å². The van der Waals surface area contributed by atoms with Gasteiger partial charge in [0.2, 0.25) is 0 Å². The molecule has 0 aromatic heterocycles. The molecule has 0 saturated carbocycles. The lowest BCUT2D eigenvalue weighted by atomic mass is 10.0. The molecule has 1 aromatic carbocycles. The molecule has 3 nitrogen and oxygen atoms in total. The Morgan fingerprint density at radius 1 is 0.750 bits per heavy atom. The SMILES string of the molecule is CCCCCCCCCCCCCCCCOC(=O)c1cccc(C(=O)Cl)c1. The van der Waals surface area contributed by atoms with E-state index in [9.17, 15) is 9.59 Å². The second kappa shape index (κ2) is 16.6. The number of carbonyl (C=O) groups is 2. The molecule has 0 amide bonds. The smallest absolute Gasteiger partial charge is 0.338 e. The van der Waals surface area contributed by atoms with Gasteiger partial charge < -0.3 is 4.74 Å². The van der Waals surface area contributed by atoms with Crippen LogP contribution in [0.1, 0.15) is 118 Å². The first-order chi connectivity index (χ1) is 13.6. The molecule has 0 spiro atoms. The summed E-state index contributed by atoms with van der Waals surface area (Å²) in [6.07, 6.45) is 18.2. The molecule has 0 aliphatic rings. The minimum Gasteiger partial charge on any atom is -0.462 e. The summed E-state index contributed by atoms with van der Waals surface area (Å²) in [6, 6.07) is 6.33. The average Bonchev–Trinajstić information content (AvgIpc) is 2.70. The lowest BCUT2D eigenvalue weighted by Crippen LogP contribution is -2.07. The number of carbonyl (C=O) groups excluding carboxylic acids is 2. The summed E-state index contributed by atoms with van der Waals surface area (Å²) in [7, 11) is 0. The van der Waals surface area contributed by atoms with E-state index in [0.29, 0.717) is 17.7 Å². The zero-order valence-electron chi connectivity index (χ0n) is 17.5. The molecule has 0 unspecified atom stereocenters. The van der Waals surface area contributed by atoms with Gasteiger partial charge in [-0.15, -0.1) is 0 Å². The van der Waals surface area contributed by atoms with Crippen molar-refractivity contribution < 1.29 is 14.3 Å². The van der Waals surface area contributed by atoms with Crippen molar-refractivity contribution in [1.29, 1.82) is 0 Å². The van der Waals surface area contributed by atoms with E-state index in [4.69, 9.17) is 16.3 Å². The third-order valence-electron chi connectivity index (χ3n) is 5.06. The fourth-order valence-corrected chi connectivity index (χ4v) is 3.43. The fraction of sp³-hybridized carbons (Fsp3) is 0.667. The Labute approximate surface area is 176 Å². The van der Waals surface area contributed by atoms with Gasteiger partial charge in [0.1, 0.15) is 0 Å². The number of halogens is 1. The first-order valence-corrected chi connectivity index (χ1v) is 11.5. The van der Waals surface area contributed by atoms with E-state index in [1.165, 1.54) is 83.1 Å². The second-order valence-electron chi connectivity index (χ2n) is 7.59. The van der Waals surface area contributed by atoms with Crippen molar-refractivity contribution in [1.82, 2.24) is 0 Å². The van der Waals surface area contributed by atoms with Crippen LogP contribution >= 0.6 is 11.6 Å². The summed E-state index contributed by atoms with van der Waals surface area (Å²) in [4.78, 5) is 23.1. The minimum absolute atomic E-state index is 0.313. The van der Waals surface area contributed by atoms with Crippen LogP contribution < -0.4 is 0 Å². The summed E-state index contributed by atoms with van der Waals surface area (Å²) >= 11 is 5.43. The maximum atomic E-state index is 12.0. The van der Waals surface area contributed by atoms with Gasteiger partial charge in [-0.1, -0.05) is 103 Å². The summed E-state index contributed by atoms with van der Waals surface area (Å²) in [5.41, 5.74) is 0.685. The van der Waals surface area contributed by atoms with E-state index in [2.05, 4.69) is 6.92 Å². The van der Waals surface area contributed by atoms with Gasteiger partial charge in [0.25, 0.3) is 5.24 Å². The Hall–Kier alpha value is -1.35. The standard InChI is InChI=1S/C24H37ClO3/c1-2-3-4-5-6-7-8-9-10-11-12-13-14-15-19-28-24(27)22-18-16-17-21(20-22)23(25)26/h16-18,20H,2-15,19H2,1H3. The lowest BCUT2D eigenvalue weighted by molar-refractivity contribution is 0.0497. The van der Waals surface area contributed by atoms with Gasteiger partial charge >= 0.3 is 5.97 Å². The summed E-state index contributed by atoms with van der Waals surface area (Å²) < 4.78 is 5.28. The number of hydrogen-bond donors (Lipinski definition) is 0. The van der Waals surface area contributed by atoms with Gasteiger partial charge in [0.05, 0.1) is 12.2 Å². The Morgan fingerprint density at radius 3 is 1.71 bits per heavy atom. The van der Waals surface area contributed by atoms with Crippen LogP contribution in [-0.2, 0) is 4.74 Å². The summed E-state index contributed by atoms with van der Waals surface area (Å²) in [5, 5.41) is -0.568. The van der Waals surface area contributed by atoms with E-state index >= 15 is 0 Å². The predicted molar refractivity (Wildman–Crippen MR) is 117 cm³/mol. The second-order valence-corrected chi connectivity index (χ2v) is 7.93. The Bertz CT molecular complexity index is 557. The van der Waals surface area contributed by atoms with Gasteiger partial charge in [0, 0.05) is 5.56 Å². The number of ether oxygens (including phenoxy) is 1. The van der Waals surface area contributed by atoms with Crippen molar-refractivity contribution in [2.45, 2.75) is 96.8 Å². The molecule has 0 bridgehead atoms. The van der Waals surface area contributed by atoms with Crippen molar-refractivity contribution in [2.75, 3.05) is 6.61 Å². The maximum absolute atomic E-state index is 12.0. The molecule has 4 heteroatoms. The van der Waals surface area contributed by atoms with E-state index in [0.717, 1.165) is 12.8 Å². The van der Waals surface area contributed by atoms with E-state index < -0.39 is 11.2 Å². The molecule has 0 heterocycles. The van der Waals surface area contributed by atoms with Crippen LogP contribution in [0.2, 0.25) is 0 Å². The summed E-state index contributed by atoms with van der Waals surface area (Å²) in [5.74, 6) is -0.394. The van der Waals surface area contributed by atoms with Crippen LogP contribution in [0.3, 0.4) is 0 Å². The molecule has 0 aliphatic carbocycles. The molecule has 158 valence electrons. The van der Waals surface area contributed by atoms with Gasteiger partial charge in [-0.2, -0.15) is 0 Å². The molecular formula is C24H37ClO3. The molecule has 0 atom stereocenters. The van der Waals surface area contributed by atoms with E-state index in [1.807, 2.05) is 0 Å². The van der Waals surface area contributed by atoms with Gasteiger partial charge in [-0.3, -0.25) is 4.79 Å². The molecule has 0 radical (unpaired) electrons. The zero-order valence-corrected chi connectivity index (χ0v) is 18.3. The first-order valence-electron chi connectivity index (χ1n) is 11.1. The highest BCUT2D eigenvalue weighted by Gasteiger charge is 2.09. The largest absolute Gasteiger partial charge is 0.462 e. The highest BCUT2D eigenvalue weighted by atomic mass is 35.5. The van der Waals surface area contributed by atoms with E-state index in [-0.39, 0.29) is 0 Å². The summed E-state index contributed by atoms with van der Waals surface area (Å²) in [6.45, 7) is 2.69. The van der Waals surface area contributed by atoms with Gasteiger partial charge in [-0.05, 0) is 30.2 Å². The number of benzene rings is 1. The molecule has 1 aromatic rings. The van der Waals surface area contributed by atoms with Crippen LogP contribution in [0.5, 0.6) is 0 Å². The van der Waals surface area contributed by atoms with Crippen molar-refractivity contribution in [3.05, 3.63) is 35.4 Å². The molecule has 0 N–H and O–H groups in total. The highest BCUT2D eigenvalue weighted by molar-refractivity contribution is 6.67. The minimum atomic E-state index is -0.568. The molecule has 0 saturated heterocycles. The van der Waals surface area contributed by atoms with Crippen molar-refractivity contribution >= 4 is 22.8 Å². The molecule has 1 rings (SSSR count). The third-order valence-corrected chi connectivity index (χ3v) is 5.27. The molecular weight excluding hydrogens is 372 g/mol. The Balaban J connectivity index is 1.92. The normalized spacial score (nSPS) is 10.8. The Morgan fingerprint density at radius 2 is 1.21 bits per heavy atom. The number of hydrogen-bond acceptors (Lipinski definition) is 3. The van der Waals surface area contributed by atoms with E-state index in [1.54, 1.807) is 18.2 Å². The molecule has 0 fully saturated rings. The average molecular weight is 409 g/mol. The first kappa shape index (κ1) is 24.7.